The summed E-state index contributed by atoms with van der Waals surface area (Å²) in [6.07, 6.45) is -0.352. The number of benzene rings is 2. The molecule has 2 aliphatic heterocycles. The van der Waals surface area contributed by atoms with Gasteiger partial charge in [-0.15, -0.1) is 0 Å². The third kappa shape index (κ3) is 10.2. The standard InChI is InChI=1S/C37H51FN4O7/c1-23(24-12-14-25(15-13-24)28-10-8-9-11-29(28)38)39-33(45)30-20-26(43)21-42(30)34(46)32(36(2,3)4)40-31(44)22-48-27-16-18-41(19-17-27)35(47)49-37(5,6)7/h8-15,23,26-27,30,32,43H,16-22H2,1-7H3,(H,39,45)(H,40,44)/t23-,26+,30-,32+/m0/s1. The summed E-state index contributed by atoms with van der Waals surface area (Å²) in [5.74, 6) is -1.69. The molecule has 268 valence electrons. The number of β-amino-alcohol motifs (C(OH)–C–C–N with tert-alkyl or cyclic N) is 1. The fraction of sp³-hybridized carbons (Fsp3) is 0.568. The molecule has 2 aromatic rings. The number of halogens is 1. The molecule has 2 saturated heterocycles. The van der Waals surface area contributed by atoms with Gasteiger partial charge in [-0.05, 0) is 63.1 Å². The first-order valence-electron chi connectivity index (χ1n) is 17.0. The van der Waals surface area contributed by atoms with Crippen molar-refractivity contribution in [2.24, 2.45) is 5.41 Å². The number of nitrogens with one attached hydrogen (secondary N) is 2. The summed E-state index contributed by atoms with van der Waals surface area (Å²) in [6.45, 7) is 13.3. The summed E-state index contributed by atoms with van der Waals surface area (Å²) in [7, 11) is 0. The molecular formula is C37H51FN4O7. The van der Waals surface area contributed by atoms with E-state index in [1.165, 1.54) is 11.0 Å². The van der Waals surface area contributed by atoms with Crippen LogP contribution in [0.3, 0.4) is 0 Å². The van der Waals surface area contributed by atoms with E-state index in [9.17, 15) is 28.7 Å². The summed E-state index contributed by atoms with van der Waals surface area (Å²) in [5, 5.41) is 16.3. The Labute approximate surface area is 288 Å². The first kappa shape index (κ1) is 37.8. The van der Waals surface area contributed by atoms with Crippen LogP contribution < -0.4 is 10.6 Å². The highest BCUT2D eigenvalue weighted by molar-refractivity contribution is 5.93. The summed E-state index contributed by atoms with van der Waals surface area (Å²) < 4.78 is 25.5. The zero-order chi connectivity index (χ0) is 36.1. The molecule has 0 aromatic heterocycles. The number of hydrogen-bond acceptors (Lipinski definition) is 7. The van der Waals surface area contributed by atoms with Crippen LogP contribution in [0.5, 0.6) is 0 Å². The minimum Gasteiger partial charge on any atom is -0.444 e. The molecule has 11 nitrogen and oxygen atoms in total. The van der Waals surface area contributed by atoms with E-state index < -0.39 is 53.0 Å². The van der Waals surface area contributed by atoms with Crippen LogP contribution in [0.1, 0.15) is 79.3 Å². The van der Waals surface area contributed by atoms with Gasteiger partial charge in [0.05, 0.1) is 18.2 Å². The normalized spacial score (nSPS) is 20.0. The molecule has 49 heavy (non-hydrogen) atoms. The van der Waals surface area contributed by atoms with Crippen molar-refractivity contribution in [1.29, 1.82) is 0 Å². The number of carbonyl (C=O) groups excluding carboxylic acids is 4. The number of likely N-dealkylation sites (tertiary alicyclic amines) is 2. The lowest BCUT2D eigenvalue weighted by Gasteiger charge is -2.36. The second-order valence-corrected chi connectivity index (χ2v) is 15.1. The largest absolute Gasteiger partial charge is 0.444 e. The van der Waals surface area contributed by atoms with E-state index >= 15 is 0 Å². The fourth-order valence-corrected chi connectivity index (χ4v) is 6.09. The summed E-state index contributed by atoms with van der Waals surface area (Å²) in [5.41, 5.74) is 0.680. The fourth-order valence-electron chi connectivity index (χ4n) is 6.09. The molecule has 0 unspecified atom stereocenters. The molecule has 4 amide bonds. The Morgan fingerprint density at radius 3 is 2.18 bits per heavy atom. The summed E-state index contributed by atoms with van der Waals surface area (Å²) in [6, 6.07) is 11.4. The van der Waals surface area contributed by atoms with E-state index in [0.717, 1.165) is 5.56 Å². The Morgan fingerprint density at radius 2 is 1.59 bits per heavy atom. The molecule has 4 rings (SSSR count). The lowest BCUT2D eigenvalue weighted by atomic mass is 9.85. The lowest BCUT2D eigenvalue weighted by molar-refractivity contribution is -0.145. The van der Waals surface area contributed by atoms with Gasteiger partial charge in [0.1, 0.15) is 30.1 Å². The lowest BCUT2D eigenvalue weighted by Crippen LogP contribution is -2.58. The van der Waals surface area contributed by atoms with Gasteiger partial charge in [0.15, 0.2) is 0 Å². The van der Waals surface area contributed by atoms with Crippen molar-refractivity contribution in [3.05, 3.63) is 59.9 Å². The number of aliphatic hydroxyl groups excluding tert-OH is 1. The van der Waals surface area contributed by atoms with Crippen molar-refractivity contribution >= 4 is 23.8 Å². The smallest absolute Gasteiger partial charge is 0.410 e. The van der Waals surface area contributed by atoms with Crippen molar-refractivity contribution in [2.45, 2.75) is 104 Å². The summed E-state index contributed by atoms with van der Waals surface area (Å²) >= 11 is 0. The Balaban J connectivity index is 1.33. The Morgan fingerprint density at radius 1 is 0.959 bits per heavy atom. The van der Waals surface area contributed by atoms with E-state index in [1.54, 1.807) is 35.2 Å². The molecule has 4 atom stereocenters. The van der Waals surface area contributed by atoms with E-state index in [0.29, 0.717) is 37.1 Å². The highest BCUT2D eigenvalue weighted by Crippen LogP contribution is 2.28. The zero-order valence-corrected chi connectivity index (χ0v) is 29.6. The van der Waals surface area contributed by atoms with Crippen LogP contribution in [0.25, 0.3) is 11.1 Å². The number of nitrogens with zero attached hydrogens (tertiary/aromatic N) is 2. The van der Waals surface area contributed by atoms with Gasteiger partial charge in [-0.2, -0.15) is 0 Å². The van der Waals surface area contributed by atoms with E-state index in [1.807, 2.05) is 60.6 Å². The predicted molar refractivity (Wildman–Crippen MR) is 183 cm³/mol. The maximum atomic E-state index is 14.2. The van der Waals surface area contributed by atoms with Gasteiger partial charge < -0.3 is 35.0 Å². The van der Waals surface area contributed by atoms with Crippen molar-refractivity contribution in [1.82, 2.24) is 20.4 Å². The molecule has 0 saturated carbocycles. The molecule has 2 fully saturated rings. The number of aliphatic hydroxyl groups is 1. The number of rotatable bonds is 9. The van der Waals surface area contributed by atoms with Gasteiger partial charge in [-0.1, -0.05) is 63.2 Å². The number of ether oxygens (including phenoxy) is 2. The monoisotopic (exact) mass is 682 g/mol. The molecule has 12 heteroatoms. The van der Waals surface area contributed by atoms with Gasteiger partial charge in [-0.3, -0.25) is 14.4 Å². The van der Waals surface area contributed by atoms with E-state index in [4.69, 9.17) is 9.47 Å². The second kappa shape index (κ2) is 15.7. The van der Waals surface area contributed by atoms with Crippen molar-refractivity contribution in [2.75, 3.05) is 26.2 Å². The van der Waals surface area contributed by atoms with Crippen LogP contribution in [-0.2, 0) is 23.9 Å². The number of hydrogen-bond donors (Lipinski definition) is 3. The van der Waals surface area contributed by atoms with Crippen LogP contribution in [0.2, 0.25) is 0 Å². The first-order chi connectivity index (χ1) is 22.9. The molecular weight excluding hydrogens is 631 g/mol. The van der Waals surface area contributed by atoms with Gasteiger partial charge >= 0.3 is 6.09 Å². The van der Waals surface area contributed by atoms with Crippen molar-refractivity contribution in [3.63, 3.8) is 0 Å². The molecule has 3 N–H and O–H groups in total. The van der Waals surface area contributed by atoms with E-state index in [-0.39, 0.29) is 37.6 Å². The van der Waals surface area contributed by atoms with Gasteiger partial charge in [-0.25, -0.2) is 9.18 Å². The maximum absolute atomic E-state index is 14.2. The summed E-state index contributed by atoms with van der Waals surface area (Å²) in [4.78, 5) is 55.9. The Bertz CT molecular complexity index is 1480. The van der Waals surface area contributed by atoms with Crippen LogP contribution in [0, 0.1) is 11.2 Å². The minimum atomic E-state index is -0.985. The first-order valence-corrected chi connectivity index (χ1v) is 17.0. The quantitative estimate of drug-likeness (QED) is 0.352. The molecule has 0 aliphatic carbocycles. The molecule has 0 bridgehead atoms. The van der Waals surface area contributed by atoms with Gasteiger partial charge in [0.25, 0.3) is 0 Å². The zero-order valence-electron chi connectivity index (χ0n) is 29.6. The van der Waals surface area contributed by atoms with Crippen LogP contribution >= 0.6 is 0 Å². The van der Waals surface area contributed by atoms with Gasteiger partial charge in [0.2, 0.25) is 17.7 Å². The molecule has 2 aliphatic rings. The van der Waals surface area contributed by atoms with Crippen LogP contribution in [0.15, 0.2) is 48.5 Å². The number of piperidine rings is 1. The third-order valence-electron chi connectivity index (χ3n) is 8.78. The highest BCUT2D eigenvalue weighted by atomic mass is 19.1. The topological polar surface area (TPSA) is 138 Å². The molecule has 0 spiro atoms. The van der Waals surface area contributed by atoms with E-state index in [2.05, 4.69) is 10.6 Å². The van der Waals surface area contributed by atoms with Gasteiger partial charge in [0, 0.05) is 31.6 Å². The average Bonchev–Trinajstić information content (AvgIpc) is 3.43. The predicted octanol–water partition coefficient (Wildman–Crippen LogP) is 4.58. The Kier molecular flexibility index (Phi) is 12.1. The van der Waals surface area contributed by atoms with Crippen LogP contribution in [-0.4, -0.2) is 94.9 Å². The van der Waals surface area contributed by atoms with Crippen LogP contribution in [0.4, 0.5) is 9.18 Å². The number of amides is 4. The average molecular weight is 683 g/mol. The third-order valence-corrected chi connectivity index (χ3v) is 8.78. The second-order valence-electron chi connectivity index (χ2n) is 15.1. The molecule has 0 radical (unpaired) electrons. The van der Waals surface area contributed by atoms with Crippen molar-refractivity contribution in [3.8, 4) is 11.1 Å². The number of carbonyl (C=O) groups is 4. The maximum Gasteiger partial charge on any atom is 0.410 e. The highest BCUT2D eigenvalue weighted by Gasteiger charge is 2.44. The molecule has 2 aromatic carbocycles. The van der Waals surface area contributed by atoms with Crippen molar-refractivity contribution < 1.29 is 38.1 Å². The Hall–Kier alpha value is -4.03. The SMILES string of the molecule is C[C@H](NC(=O)[C@@H]1C[C@@H](O)CN1C(=O)[C@@H](NC(=O)COC1CCN(C(=O)OC(C)(C)C)CC1)C(C)(C)C)c1ccc(-c2ccccc2F)cc1. The molecule has 2 heterocycles. The minimum absolute atomic E-state index is 0.0438.